The first-order valence-corrected chi connectivity index (χ1v) is 12.4. The number of nitrogens with zero attached hydrogens (tertiary/aromatic N) is 6. The molecule has 0 saturated carbocycles. The Kier molecular flexibility index (Phi) is 10.7. The van der Waals surface area contributed by atoms with Crippen molar-refractivity contribution >= 4 is 13.4 Å². The van der Waals surface area contributed by atoms with Crippen LogP contribution in [0.15, 0.2) is 38.0 Å². The van der Waals surface area contributed by atoms with Crippen LogP contribution in [0.3, 0.4) is 0 Å². The zero-order valence-corrected chi connectivity index (χ0v) is 20.4. The lowest BCUT2D eigenvalue weighted by atomic mass is 10.1. The van der Waals surface area contributed by atoms with Gasteiger partial charge in [0.2, 0.25) is 0 Å². The predicted octanol–water partition coefficient (Wildman–Crippen LogP) is -1.86. The average molecular weight is 546 g/mol. The molecule has 37 heavy (non-hydrogen) atoms. The molecular weight excluding hydrogens is 519 g/mol. The van der Waals surface area contributed by atoms with Gasteiger partial charge in [-0.2, -0.15) is 4.98 Å². The van der Waals surface area contributed by atoms with Crippen LogP contribution in [0.1, 0.15) is 18.2 Å². The topological polar surface area (TPSA) is 281 Å². The second-order valence-corrected chi connectivity index (χ2v) is 9.44. The Labute approximate surface area is 207 Å². The second-order valence-electron chi connectivity index (χ2n) is 7.85. The average Bonchev–Trinajstić information content (AvgIpc) is 3.23. The van der Waals surface area contributed by atoms with Crippen molar-refractivity contribution in [3.63, 3.8) is 0 Å². The molecule has 4 atom stereocenters. The minimum atomic E-state index is -4.31. The Morgan fingerprint density at radius 1 is 1.41 bits per heavy atom. The molecule has 1 fully saturated rings. The van der Waals surface area contributed by atoms with Gasteiger partial charge < -0.3 is 35.2 Å². The molecule has 3 rings (SSSR count). The molecule has 2 aromatic heterocycles. The fourth-order valence-corrected chi connectivity index (χ4v) is 3.61. The van der Waals surface area contributed by atoms with Crippen LogP contribution in [0.2, 0.25) is 0 Å². The number of nitrogens with one attached hydrogen (secondary N) is 1. The molecule has 18 nitrogen and oxygen atoms in total. The summed E-state index contributed by atoms with van der Waals surface area (Å²) in [5.41, 5.74) is 12.4. The Morgan fingerprint density at radius 2 is 2.11 bits per heavy atom. The van der Waals surface area contributed by atoms with E-state index in [1.54, 1.807) is 6.92 Å². The summed E-state index contributed by atoms with van der Waals surface area (Å²) in [6.07, 6.45) is -0.0559. The van der Waals surface area contributed by atoms with Gasteiger partial charge in [0.1, 0.15) is 18.4 Å². The standard InChI is InChI=1S/C10H13N5O4.C8H14N3O6P/c1-5-3-15(10(18)12-9(5)17)8-2-6(13-14-11)7(4-16)19-8;9-7-1-2-11(8(13)10-7)3-6(4-12)17-5-18(14,15)16/h3,6-8,16H,2,4H2,1H3,(H,12,17,18);1-2,6,12H,3-5H2,(H2,9,10,13)(H2,14,15,16)/t6-,7+,8+;/m0./s1. The summed E-state index contributed by atoms with van der Waals surface area (Å²) in [5, 5.41) is 21.7. The monoisotopic (exact) mass is 546 g/mol. The first kappa shape index (κ1) is 29.9. The molecule has 204 valence electrons. The van der Waals surface area contributed by atoms with Crippen molar-refractivity contribution in [3.8, 4) is 0 Å². The zero-order chi connectivity index (χ0) is 27.8. The fraction of sp³-hybridized carbons (Fsp3) is 0.556. The number of H-pyrrole nitrogens is 1. The molecule has 0 aliphatic carbocycles. The van der Waals surface area contributed by atoms with E-state index in [2.05, 4.69) is 20.0 Å². The number of hydrogen-bond acceptors (Lipinski definition) is 11. The van der Waals surface area contributed by atoms with Crippen molar-refractivity contribution in [2.75, 3.05) is 25.3 Å². The number of aliphatic hydroxyl groups excluding tert-OH is 2. The molecule has 0 spiro atoms. The van der Waals surface area contributed by atoms with Crippen LogP contribution in [0.4, 0.5) is 5.82 Å². The van der Waals surface area contributed by atoms with E-state index in [4.69, 9.17) is 40.7 Å². The van der Waals surface area contributed by atoms with Gasteiger partial charge in [-0.15, -0.1) is 0 Å². The molecule has 1 saturated heterocycles. The SMILES string of the molecule is Cc1cn([C@H]2C[C@H](N=[N+]=[N-])[C@@H](CO)O2)c(=O)[nH]c1=O.Nc1ccn(CC(CO)OCP(=O)(O)O)c(=O)n1. The molecule has 7 N–H and O–H groups in total. The van der Waals surface area contributed by atoms with Gasteiger partial charge in [0.25, 0.3) is 5.56 Å². The summed E-state index contributed by atoms with van der Waals surface area (Å²) in [6.45, 7) is 0.689. The van der Waals surface area contributed by atoms with Crippen LogP contribution >= 0.6 is 7.60 Å². The summed E-state index contributed by atoms with van der Waals surface area (Å²) >= 11 is 0. The van der Waals surface area contributed by atoms with Crippen LogP contribution in [0.5, 0.6) is 0 Å². The predicted molar refractivity (Wildman–Crippen MR) is 126 cm³/mol. The van der Waals surface area contributed by atoms with Crippen LogP contribution < -0.4 is 22.7 Å². The van der Waals surface area contributed by atoms with E-state index in [0.717, 1.165) is 4.57 Å². The van der Waals surface area contributed by atoms with Crippen LogP contribution in [-0.4, -0.2) is 76.9 Å². The summed E-state index contributed by atoms with van der Waals surface area (Å²) in [7, 11) is -4.31. The molecule has 2 aromatic rings. The Morgan fingerprint density at radius 3 is 2.68 bits per heavy atom. The molecule has 0 bridgehead atoms. The number of aromatic amines is 1. The highest BCUT2D eigenvalue weighted by atomic mass is 31.2. The Balaban J connectivity index is 0.000000261. The lowest BCUT2D eigenvalue weighted by Crippen LogP contribution is -2.33. The Hall–Kier alpha value is -3.34. The molecule has 0 radical (unpaired) electrons. The zero-order valence-electron chi connectivity index (χ0n) is 19.5. The third kappa shape index (κ3) is 8.92. The van der Waals surface area contributed by atoms with E-state index in [0.29, 0.717) is 5.56 Å². The van der Waals surface area contributed by atoms with Crippen LogP contribution in [0, 0.1) is 6.92 Å². The van der Waals surface area contributed by atoms with Gasteiger partial charge >= 0.3 is 19.0 Å². The van der Waals surface area contributed by atoms with E-state index in [9.17, 15) is 18.9 Å². The van der Waals surface area contributed by atoms with E-state index in [-0.39, 0.29) is 25.4 Å². The van der Waals surface area contributed by atoms with Gasteiger partial charge in [0, 0.05) is 29.3 Å². The molecule has 0 amide bonds. The maximum Gasteiger partial charge on any atom is 0.350 e. The number of azide groups is 1. The molecule has 1 aliphatic rings. The molecular formula is C18H27N8O10P. The van der Waals surface area contributed by atoms with Crippen molar-refractivity contribution in [2.45, 2.75) is 44.4 Å². The normalized spacial score (nSPS) is 20.0. The van der Waals surface area contributed by atoms with Gasteiger partial charge in [0.05, 0.1) is 38.0 Å². The lowest BCUT2D eigenvalue weighted by Gasteiger charge is -2.16. The molecule has 1 unspecified atom stereocenters. The molecule has 0 aromatic carbocycles. The number of rotatable bonds is 9. The number of nitrogens with two attached hydrogens (primary N) is 1. The minimum absolute atomic E-state index is 0.0629. The fourth-order valence-electron chi connectivity index (χ4n) is 3.20. The van der Waals surface area contributed by atoms with Crippen molar-refractivity contribution in [1.29, 1.82) is 0 Å². The van der Waals surface area contributed by atoms with Gasteiger partial charge in [-0.1, -0.05) is 5.11 Å². The summed E-state index contributed by atoms with van der Waals surface area (Å²) in [6, 6.07) is 0.845. The van der Waals surface area contributed by atoms with Crippen LogP contribution in [-0.2, 0) is 20.6 Å². The number of nitrogen functional groups attached to an aromatic ring is 1. The quantitative estimate of drug-likeness (QED) is 0.0874. The number of aryl methyl sites for hydroxylation is 1. The summed E-state index contributed by atoms with van der Waals surface area (Å²) < 4.78 is 23.2. The van der Waals surface area contributed by atoms with Crippen molar-refractivity contribution in [1.82, 2.24) is 19.1 Å². The highest BCUT2D eigenvalue weighted by molar-refractivity contribution is 7.51. The molecule has 19 heteroatoms. The summed E-state index contributed by atoms with van der Waals surface area (Å²) in [4.78, 5) is 59.9. The third-order valence-electron chi connectivity index (χ3n) is 5.02. The minimum Gasteiger partial charge on any atom is -0.394 e. The van der Waals surface area contributed by atoms with Crippen molar-refractivity contribution in [2.24, 2.45) is 5.11 Å². The van der Waals surface area contributed by atoms with Crippen molar-refractivity contribution < 1.29 is 34.0 Å². The molecule has 1 aliphatic heterocycles. The van der Waals surface area contributed by atoms with E-state index in [1.807, 2.05) is 0 Å². The van der Waals surface area contributed by atoms with Gasteiger partial charge in [0.15, 0.2) is 0 Å². The largest absolute Gasteiger partial charge is 0.394 e. The van der Waals surface area contributed by atoms with Gasteiger partial charge in [-0.05, 0) is 18.5 Å². The van der Waals surface area contributed by atoms with Crippen molar-refractivity contribution in [3.05, 3.63) is 65.8 Å². The highest BCUT2D eigenvalue weighted by Crippen LogP contribution is 2.34. The van der Waals surface area contributed by atoms with E-state index in [1.165, 1.54) is 23.0 Å². The lowest BCUT2D eigenvalue weighted by molar-refractivity contribution is -0.0271. The smallest absolute Gasteiger partial charge is 0.350 e. The summed E-state index contributed by atoms with van der Waals surface area (Å²) in [5.74, 6) is 0.0629. The van der Waals surface area contributed by atoms with E-state index >= 15 is 0 Å². The number of anilines is 1. The first-order valence-electron chi connectivity index (χ1n) is 10.6. The van der Waals surface area contributed by atoms with Gasteiger partial charge in [-0.25, -0.2) is 9.59 Å². The number of aromatic nitrogens is 4. The number of hydrogen-bond donors (Lipinski definition) is 6. The van der Waals surface area contributed by atoms with E-state index < -0.39 is 62.0 Å². The Bertz CT molecular complexity index is 1330. The number of ether oxygens (including phenoxy) is 2. The number of aliphatic hydroxyl groups is 2. The highest BCUT2D eigenvalue weighted by Gasteiger charge is 2.35. The van der Waals surface area contributed by atoms with Crippen LogP contribution in [0.25, 0.3) is 10.4 Å². The molecule has 3 heterocycles. The second kappa shape index (κ2) is 13.3. The van der Waals surface area contributed by atoms with Gasteiger partial charge in [-0.3, -0.25) is 23.5 Å². The third-order valence-corrected chi connectivity index (χ3v) is 5.50. The maximum absolute atomic E-state index is 11.7. The first-order chi connectivity index (χ1) is 17.4. The maximum atomic E-state index is 11.7.